The molecule has 0 aromatic carbocycles. The number of rotatable bonds is 5. The fraction of sp³-hybridized carbons (Fsp3) is 0.714. The van der Waals surface area contributed by atoms with E-state index in [1.54, 1.807) is 0 Å². The second kappa shape index (κ2) is 5.33. The Labute approximate surface area is 103 Å². The van der Waals surface area contributed by atoms with Crippen LogP contribution in [0.2, 0.25) is 0 Å². The number of hydrogen-bond donors (Lipinski definition) is 1. The SMILES string of the molecule is CCCNC(C)(c1cccs1)C1CCCC1. The van der Waals surface area contributed by atoms with E-state index in [2.05, 4.69) is 36.7 Å². The fourth-order valence-corrected chi connectivity index (χ4v) is 3.84. The maximum Gasteiger partial charge on any atom is 0.0528 e. The topological polar surface area (TPSA) is 12.0 Å². The van der Waals surface area contributed by atoms with Crippen molar-refractivity contribution in [2.24, 2.45) is 5.92 Å². The van der Waals surface area contributed by atoms with Gasteiger partial charge in [0.2, 0.25) is 0 Å². The Hall–Kier alpha value is -0.340. The fourth-order valence-electron chi connectivity index (χ4n) is 2.89. The van der Waals surface area contributed by atoms with Crippen LogP contribution in [0.15, 0.2) is 17.5 Å². The van der Waals surface area contributed by atoms with Crippen LogP contribution in [0.1, 0.15) is 50.8 Å². The first-order chi connectivity index (χ1) is 7.77. The lowest BCUT2D eigenvalue weighted by atomic mass is 9.82. The molecule has 1 heterocycles. The van der Waals surface area contributed by atoms with Crippen molar-refractivity contribution in [2.75, 3.05) is 6.54 Å². The van der Waals surface area contributed by atoms with E-state index in [1.807, 2.05) is 11.3 Å². The van der Waals surface area contributed by atoms with Crippen molar-refractivity contribution in [2.45, 2.75) is 51.5 Å². The summed E-state index contributed by atoms with van der Waals surface area (Å²) in [5.41, 5.74) is 0.223. The minimum Gasteiger partial charge on any atom is -0.307 e. The first-order valence-corrected chi connectivity index (χ1v) is 7.44. The molecular formula is C14H23NS. The van der Waals surface area contributed by atoms with Crippen molar-refractivity contribution in [1.29, 1.82) is 0 Å². The monoisotopic (exact) mass is 237 g/mol. The number of nitrogens with one attached hydrogen (secondary N) is 1. The van der Waals surface area contributed by atoms with Gasteiger partial charge in [-0.05, 0) is 50.1 Å². The summed E-state index contributed by atoms with van der Waals surface area (Å²) < 4.78 is 0. The average Bonchev–Trinajstić information content (AvgIpc) is 2.96. The summed E-state index contributed by atoms with van der Waals surface area (Å²) in [6.45, 7) is 5.78. The lowest BCUT2D eigenvalue weighted by Crippen LogP contribution is -2.45. The van der Waals surface area contributed by atoms with Gasteiger partial charge in [0.1, 0.15) is 0 Å². The predicted octanol–water partition coefficient (Wildman–Crippen LogP) is 4.15. The molecule has 1 aromatic rings. The van der Waals surface area contributed by atoms with E-state index >= 15 is 0 Å². The van der Waals surface area contributed by atoms with Crippen LogP contribution >= 0.6 is 11.3 Å². The third-order valence-electron chi connectivity index (χ3n) is 3.95. The van der Waals surface area contributed by atoms with Gasteiger partial charge in [-0.15, -0.1) is 11.3 Å². The largest absolute Gasteiger partial charge is 0.307 e. The molecule has 1 aliphatic carbocycles. The molecule has 0 amide bonds. The van der Waals surface area contributed by atoms with E-state index in [1.165, 1.54) is 37.0 Å². The number of hydrogen-bond acceptors (Lipinski definition) is 2. The van der Waals surface area contributed by atoms with Gasteiger partial charge in [0, 0.05) is 4.88 Å². The highest BCUT2D eigenvalue weighted by atomic mass is 32.1. The van der Waals surface area contributed by atoms with Crippen LogP contribution in [0.3, 0.4) is 0 Å². The summed E-state index contributed by atoms with van der Waals surface area (Å²) in [6, 6.07) is 4.48. The highest BCUT2D eigenvalue weighted by molar-refractivity contribution is 7.10. The maximum atomic E-state index is 3.80. The molecule has 1 aliphatic rings. The van der Waals surface area contributed by atoms with E-state index in [0.717, 1.165) is 12.5 Å². The van der Waals surface area contributed by atoms with Crippen molar-refractivity contribution in [1.82, 2.24) is 5.32 Å². The van der Waals surface area contributed by atoms with E-state index in [9.17, 15) is 0 Å². The van der Waals surface area contributed by atoms with Gasteiger partial charge in [-0.1, -0.05) is 25.8 Å². The molecule has 1 fully saturated rings. The summed E-state index contributed by atoms with van der Waals surface area (Å²) in [4.78, 5) is 1.52. The van der Waals surface area contributed by atoms with Gasteiger partial charge in [0.05, 0.1) is 5.54 Å². The highest BCUT2D eigenvalue weighted by Crippen LogP contribution is 2.41. The molecule has 0 radical (unpaired) electrons. The van der Waals surface area contributed by atoms with Crippen molar-refractivity contribution in [3.8, 4) is 0 Å². The van der Waals surface area contributed by atoms with E-state index in [4.69, 9.17) is 0 Å². The molecule has 1 saturated carbocycles. The zero-order valence-electron chi connectivity index (χ0n) is 10.5. The molecule has 1 aromatic heterocycles. The Morgan fingerprint density at radius 1 is 1.44 bits per heavy atom. The normalized spacial score (nSPS) is 21.1. The van der Waals surface area contributed by atoms with Crippen LogP contribution in [0.25, 0.3) is 0 Å². The first kappa shape index (κ1) is 12.1. The Morgan fingerprint density at radius 3 is 2.75 bits per heavy atom. The molecule has 0 bridgehead atoms. The first-order valence-electron chi connectivity index (χ1n) is 6.56. The third kappa shape index (κ3) is 2.33. The van der Waals surface area contributed by atoms with Crippen LogP contribution in [0.5, 0.6) is 0 Å². The van der Waals surface area contributed by atoms with Crippen LogP contribution in [-0.4, -0.2) is 6.54 Å². The molecule has 0 saturated heterocycles. The molecule has 1 atom stereocenters. The molecule has 0 spiro atoms. The quantitative estimate of drug-likeness (QED) is 0.811. The number of thiophene rings is 1. The van der Waals surface area contributed by atoms with E-state index in [-0.39, 0.29) is 5.54 Å². The van der Waals surface area contributed by atoms with Crippen molar-refractivity contribution in [3.05, 3.63) is 22.4 Å². The van der Waals surface area contributed by atoms with Crippen LogP contribution < -0.4 is 5.32 Å². The lowest BCUT2D eigenvalue weighted by Gasteiger charge is -2.36. The standard InChI is InChI=1S/C14H23NS/c1-3-10-15-14(2,12-7-4-5-8-12)13-9-6-11-16-13/h6,9,11-12,15H,3-5,7-8,10H2,1-2H3. The van der Waals surface area contributed by atoms with Crippen molar-refractivity contribution < 1.29 is 0 Å². The Balaban J connectivity index is 2.17. The maximum absolute atomic E-state index is 3.80. The Morgan fingerprint density at radius 2 is 2.19 bits per heavy atom. The van der Waals surface area contributed by atoms with E-state index < -0.39 is 0 Å². The van der Waals surface area contributed by atoms with Gasteiger partial charge in [0.25, 0.3) is 0 Å². The molecule has 90 valence electrons. The van der Waals surface area contributed by atoms with Crippen LogP contribution in [-0.2, 0) is 5.54 Å². The summed E-state index contributed by atoms with van der Waals surface area (Å²) in [6.07, 6.45) is 6.84. The van der Waals surface area contributed by atoms with E-state index in [0.29, 0.717) is 0 Å². The minimum atomic E-state index is 0.223. The lowest BCUT2D eigenvalue weighted by molar-refractivity contribution is 0.240. The highest BCUT2D eigenvalue weighted by Gasteiger charge is 2.37. The van der Waals surface area contributed by atoms with Crippen molar-refractivity contribution >= 4 is 11.3 Å². The molecule has 1 N–H and O–H groups in total. The molecule has 2 heteroatoms. The Bertz CT molecular complexity index is 301. The zero-order valence-corrected chi connectivity index (χ0v) is 11.3. The van der Waals surface area contributed by atoms with Gasteiger partial charge >= 0.3 is 0 Å². The molecule has 2 rings (SSSR count). The second-order valence-electron chi connectivity index (χ2n) is 5.09. The summed E-state index contributed by atoms with van der Waals surface area (Å²) in [5.74, 6) is 0.831. The minimum absolute atomic E-state index is 0.223. The Kier molecular flexibility index (Phi) is 4.04. The van der Waals surface area contributed by atoms with Crippen LogP contribution in [0, 0.1) is 5.92 Å². The van der Waals surface area contributed by atoms with Crippen molar-refractivity contribution in [3.63, 3.8) is 0 Å². The summed E-state index contributed by atoms with van der Waals surface area (Å²) >= 11 is 1.90. The molecule has 0 aliphatic heterocycles. The molecule has 1 nitrogen and oxygen atoms in total. The smallest absolute Gasteiger partial charge is 0.0528 e. The van der Waals surface area contributed by atoms with Gasteiger partial charge < -0.3 is 5.32 Å². The summed E-state index contributed by atoms with van der Waals surface area (Å²) in [7, 11) is 0. The van der Waals surface area contributed by atoms with Gasteiger partial charge in [0.15, 0.2) is 0 Å². The second-order valence-corrected chi connectivity index (χ2v) is 6.04. The molecule has 1 unspecified atom stereocenters. The zero-order chi connectivity index (χ0) is 11.4. The van der Waals surface area contributed by atoms with Gasteiger partial charge in [-0.25, -0.2) is 0 Å². The van der Waals surface area contributed by atoms with Gasteiger partial charge in [-0.3, -0.25) is 0 Å². The van der Waals surface area contributed by atoms with Gasteiger partial charge in [-0.2, -0.15) is 0 Å². The average molecular weight is 237 g/mol. The summed E-state index contributed by atoms with van der Waals surface area (Å²) in [5, 5.41) is 6.01. The predicted molar refractivity (Wildman–Crippen MR) is 71.9 cm³/mol. The molecular weight excluding hydrogens is 214 g/mol. The third-order valence-corrected chi connectivity index (χ3v) is 5.05. The molecule has 16 heavy (non-hydrogen) atoms. The van der Waals surface area contributed by atoms with Crippen LogP contribution in [0.4, 0.5) is 0 Å².